The van der Waals surface area contributed by atoms with Crippen LogP contribution in [0.2, 0.25) is 0 Å². The number of pyridine rings is 1. The molecule has 2 rings (SSSR count). The largest absolute Gasteiger partial charge is 0.494 e. The topological polar surface area (TPSA) is 141 Å². The molecule has 0 saturated carbocycles. The molecular weight excluding hydrogens is 544 g/mol. The summed E-state index contributed by atoms with van der Waals surface area (Å²) in [5.41, 5.74) is -1.38. The molecule has 1 aromatic carbocycles. The van der Waals surface area contributed by atoms with E-state index in [4.69, 9.17) is 4.74 Å². The number of unbranched alkanes of at least 4 members (excludes halogenated alkanes) is 2. The van der Waals surface area contributed by atoms with Crippen molar-refractivity contribution in [2.24, 2.45) is 22.1 Å². The molecule has 0 saturated heterocycles. The fraction of sp³-hybridized carbons (Fsp3) is 0.600. The van der Waals surface area contributed by atoms with Crippen LogP contribution < -0.4 is 10.3 Å². The van der Waals surface area contributed by atoms with Crippen molar-refractivity contribution >= 4 is 27.2 Å². The van der Waals surface area contributed by atoms with E-state index in [1.165, 1.54) is 26.2 Å². The van der Waals surface area contributed by atoms with Gasteiger partial charge in [0.05, 0.1) is 7.11 Å². The maximum atomic E-state index is 14.2. The minimum Gasteiger partial charge on any atom is -0.494 e. The molecule has 0 aliphatic carbocycles. The fourth-order valence-corrected chi connectivity index (χ4v) is 6.57. The van der Waals surface area contributed by atoms with Crippen LogP contribution in [0.3, 0.4) is 0 Å². The maximum Gasteiger partial charge on any atom is 0.282 e. The summed E-state index contributed by atoms with van der Waals surface area (Å²) in [4.78, 5) is 26.8. The summed E-state index contributed by atoms with van der Waals surface area (Å²) >= 11 is 0. The number of rotatable bonds is 18. The Hall–Kier alpha value is -3.05. The van der Waals surface area contributed by atoms with E-state index in [0.717, 1.165) is 51.4 Å². The summed E-state index contributed by atoms with van der Waals surface area (Å²) < 4.78 is 35.3. The number of carbonyl (C=O) groups is 1. The van der Waals surface area contributed by atoms with Gasteiger partial charge in [-0.15, -0.1) is 10.2 Å². The Balaban J connectivity index is 2.60. The lowest BCUT2D eigenvalue weighted by Crippen LogP contribution is -2.39. The van der Waals surface area contributed by atoms with E-state index in [-0.39, 0.29) is 39.4 Å². The van der Waals surface area contributed by atoms with Crippen molar-refractivity contribution < 1.29 is 23.1 Å². The minimum absolute atomic E-state index is 0.0135. The number of aromatic amines is 1. The number of carbonyl (C=O) groups excluding carboxylic acids is 1. The smallest absolute Gasteiger partial charge is 0.282 e. The molecule has 2 unspecified atom stereocenters. The lowest BCUT2D eigenvalue weighted by atomic mass is 9.97. The Bertz CT molecular complexity index is 1320. The number of sulfonamides is 1. The Kier molecular flexibility index (Phi) is 13.7. The van der Waals surface area contributed by atoms with E-state index in [1.807, 2.05) is 0 Å². The molecule has 0 aliphatic heterocycles. The van der Waals surface area contributed by atoms with E-state index >= 15 is 0 Å². The van der Waals surface area contributed by atoms with Gasteiger partial charge in [0, 0.05) is 13.1 Å². The molecular formula is C30H46N4O6S. The first kappa shape index (κ1) is 34.2. The minimum atomic E-state index is -3.98. The molecule has 0 amide bonds. The third-order valence-corrected chi connectivity index (χ3v) is 9.31. The molecule has 0 radical (unpaired) electrons. The third-order valence-electron chi connectivity index (χ3n) is 7.43. The van der Waals surface area contributed by atoms with E-state index in [1.54, 1.807) is 16.4 Å². The van der Waals surface area contributed by atoms with Crippen molar-refractivity contribution in [1.29, 1.82) is 0 Å². The van der Waals surface area contributed by atoms with Gasteiger partial charge in [-0.25, -0.2) is 8.42 Å². The Labute approximate surface area is 244 Å². The number of H-pyrrole nitrogens is 1. The lowest BCUT2D eigenvalue weighted by Gasteiger charge is -2.30. The third kappa shape index (κ3) is 8.97. The highest BCUT2D eigenvalue weighted by molar-refractivity contribution is 7.89. The number of hydrogen-bond acceptors (Lipinski definition) is 8. The van der Waals surface area contributed by atoms with Gasteiger partial charge in [0.2, 0.25) is 15.9 Å². The van der Waals surface area contributed by atoms with Gasteiger partial charge in [0.25, 0.3) is 5.56 Å². The number of aromatic hydroxyl groups is 1. The van der Waals surface area contributed by atoms with Crippen molar-refractivity contribution in [1.82, 2.24) is 9.29 Å². The van der Waals surface area contributed by atoms with Gasteiger partial charge in [-0.05, 0) is 43.7 Å². The van der Waals surface area contributed by atoms with Crippen molar-refractivity contribution in [3.8, 4) is 11.6 Å². The highest BCUT2D eigenvalue weighted by atomic mass is 32.2. The van der Waals surface area contributed by atoms with Gasteiger partial charge in [0.1, 0.15) is 16.1 Å². The SMILES string of the molecule is CCCCC(CC)CN(CC(CC)CCCC)S(=O)(=O)c1ccccc1N=Nc1c(OC)c(C(C)=O)c(O)[nH]c1=O. The first-order valence-corrected chi connectivity index (χ1v) is 16.0. The second-order valence-electron chi connectivity index (χ2n) is 10.4. The van der Waals surface area contributed by atoms with Crippen LogP contribution in [0.5, 0.6) is 11.6 Å². The van der Waals surface area contributed by atoms with E-state index in [9.17, 15) is 23.1 Å². The van der Waals surface area contributed by atoms with Gasteiger partial charge >= 0.3 is 0 Å². The predicted molar refractivity (Wildman–Crippen MR) is 161 cm³/mol. The van der Waals surface area contributed by atoms with E-state index in [2.05, 4.69) is 42.9 Å². The monoisotopic (exact) mass is 590 g/mol. The van der Waals surface area contributed by atoms with Crippen LogP contribution in [0, 0.1) is 11.8 Å². The molecule has 0 spiro atoms. The quantitative estimate of drug-likeness (QED) is 0.140. The van der Waals surface area contributed by atoms with Crippen LogP contribution in [0.1, 0.15) is 96.3 Å². The number of ketones is 1. The van der Waals surface area contributed by atoms with Crippen LogP contribution in [-0.2, 0) is 10.0 Å². The van der Waals surface area contributed by atoms with E-state index < -0.39 is 27.2 Å². The molecule has 0 fully saturated rings. The van der Waals surface area contributed by atoms with Crippen LogP contribution in [0.25, 0.3) is 0 Å². The first-order valence-electron chi connectivity index (χ1n) is 14.6. The molecule has 1 aromatic heterocycles. The van der Waals surface area contributed by atoms with Crippen molar-refractivity contribution in [2.75, 3.05) is 20.2 Å². The number of azo groups is 1. The number of benzene rings is 1. The van der Waals surface area contributed by atoms with Gasteiger partial charge in [-0.3, -0.25) is 14.6 Å². The van der Waals surface area contributed by atoms with Crippen LogP contribution in [0.15, 0.2) is 44.2 Å². The van der Waals surface area contributed by atoms with Crippen LogP contribution in [-0.4, -0.2) is 48.8 Å². The number of nitrogens with zero attached hydrogens (tertiary/aromatic N) is 3. The second kappa shape index (κ2) is 16.4. The molecule has 2 N–H and O–H groups in total. The number of ether oxygens (including phenoxy) is 1. The molecule has 2 aromatic rings. The molecule has 41 heavy (non-hydrogen) atoms. The zero-order valence-electron chi connectivity index (χ0n) is 25.3. The predicted octanol–water partition coefficient (Wildman–Crippen LogP) is 7.13. The highest BCUT2D eigenvalue weighted by Gasteiger charge is 2.31. The van der Waals surface area contributed by atoms with Gasteiger partial charge in [-0.2, -0.15) is 4.31 Å². The van der Waals surface area contributed by atoms with Crippen LogP contribution in [0.4, 0.5) is 11.4 Å². The Morgan fingerprint density at radius 1 is 1.00 bits per heavy atom. The second-order valence-corrected chi connectivity index (χ2v) is 12.3. The fourth-order valence-electron chi connectivity index (χ4n) is 4.86. The lowest BCUT2D eigenvalue weighted by molar-refractivity contribution is 0.101. The van der Waals surface area contributed by atoms with Crippen molar-refractivity contribution in [2.45, 2.75) is 90.9 Å². The average molecular weight is 591 g/mol. The summed E-state index contributed by atoms with van der Waals surface area (Å²) in [7, 11) is -2.74. The molecule has 1 heterocycles. The summed E-state index contributed by atoms with van der Waals surface area (Å²) in [5.74, 6) is -0.973. The van der Waals surface area contributed by atoms with Gasteiger partial charge in [-0.1, -0.05) is 78.4 Å². The van der Waals surface area contributed by atoms with Crippen molar-refractivity contribution in [3.63, 3.8) is 0 Å². The zero-order chi connectivity index (χ0) is 30.6. The number of Topliss-reactive ketones (excluding diaryl/α,β-unsaturated/α-hetero) is 1. The standard InChI is InChI=1S/C30H46N4O6S/c1-7-11-15-22(9-3)19-34(20-23(10-4)16-12-8-2)41(38,39)25-18-14-13-17-24(25)32-33-27-28(40-6)26(21(5)35)29(36)31-30(27)37/h13-14,17-18,22-23H,7-12,15-16,19-20H2,1-6H3,(H2,31,36,37). The maximum absolute atomic E-state index is 14.2. The first-order chi connectivity index (χ1) is 19.5. The van der Waals surface area contributed by atoms with E-state index in [0.29, 0.717) is 13.1 Å². The van der Waals surface area contributed by atoms with Crippen LogP contribution >= 0.6 is 0 Å². The number of methoxy groups -OCH3 is 1. The highest BCUT2D eigenvalue weighted by Crippen LogP contribution is 2.35. The number of aromatic nitrogens is 1. The van der Waals surface area contributed by atoms with Gasteiger partial charge in [0.15, 0.2) is 17.2 Å². The molecule has 11 heteroatoms. The Morgan fingerprint density at radius 3 is 2.05 bits per heavy atom. The molecule has 228 valence electrons. The Morgan fingerprint density at radius 2 is 1.56 bits per heavy atom. The molecule has 0 bridgehead atoms. The summed E-state index contributed by atoms with van der Waals surface area (Å²) in [6.07, 6.45) is 7.83. The molecule has 10 nitrogen and oxygen atoms in total. The van der Waals surface area contributed by atoms with Gasteiger partial charge < -0.3 is 9.84 Å². The summed E-state index contributed by atoms with van der Waals surface area (Å²) in [5, 5.41) is 18.2. The summed E-state index contributed by atoms with van der Waals surface area (Å²) in [6, 6.07) is 6.29. The molecule has 0 aliphatic rings. The average Bonchev–Trinajstić information content (AvgIpc) is 2.95. The van der Waals surface area contributed by atoms with Crippen molar-refractivity contribution in [3.05, 3.63) is 40.2 Å². The number of hydrogen-bond donors (Lipinski definition) is 2. The number of nitrogens with one attached hydrogen (secondary N) is 1. The normalized spacial score (nSPS) is 13.5. The zero-order valence-corrected chi connectivity index (χ0v) is 26.1. The molecule has 2 atom stereocenters. The summed E-state index contributed by atoms with van der Waals surface area (Å²) in [6.45, 7) is 10.5.